The number of carboxylic acid groups (broad SMARTS) is 1. The number of hydrogen-bond donors (Lipinski definition) is 4. The van der Waals surface area contributed by atoms with Gasteiger partial charge in [-0.2, -0.15) is 0 Å². The molecule has 3 rings (SSSR count). The van der Waals surface area contributed by atoms with Gasteiger partial charge in [-0.15, -0.1) is 22.7 Å². The number of aromatic carboxylic acids is 1. The number of azide groups is 1. The van der Waals surface area contributed by atoms with Crippen LogP contribution in [0.4, 0.5) is 0 Å². The summed E-state index contributed by atoms with van der Waals surface area (Å²) in [5.41, 5.74) is 13.7. The Morgan fingerprint density at radius 3 is 2.67 bits per heavy atom. The Balaban J connectivity index is 1.62. The SMILES string of the molecule is [N-]=[N+]=NC(c1nc(C(=O)O)cs1)C(O)c1csc(CNC(=O)CC(=O)C2(N)CC2)n1. The average Bonchev–Trinajstić information content (AvgIpc) is 3.13. The zero-order valence-corrected chi connectivity index (χ0v) is 17.0. The first-order valence-corrected chi connectivity index (χ1v) is 10.4. The molecule has 0 saturated heterocycles. The van der Waals surface area contributed by atoms with Crippen molar-refractivity contribution in [3.8, 4) is 0 Å². The lowest BCUT2D eigenvalue weighted by Crippen LogP contribution is -2.37. The van der Waals surface area contributed by atoms with Crippen molar-refractivity contribution in [2.45, 2.75) is 43.5 Å². The molecular weight excluding hydrogens is 434 g/mol. The largest absolute Gasteiger partial charge is 0.476 e. The molecule has 2 aromatic heterocycles. The van der Waals surface area contributed by atoms with E-state index in [0.717, 1.165) is 22.7 Å². The highest BCUT2D eigenvalue weighted by atomic mass is 32.1. The number of rotatable bonds is 10. The molecule has 0 radical (unpaired) electrons. The fourth-order valence-corrected chi connectivity index (χ4v) is 4.12. The lowest BCUT2D eigenvalue weighted by molar-refractivity contribution is -0.129. The number of ketones is 1. The molecule has 14 heteroatoms. The summed E-state index contributed by atoms with van der Waals surface area (Å²) in [6, 6.07) is -1.16. The molecule has 0 bridgehead atoms. The Bertz CT molecular complexity index is 1020. The number of hydrogen-bond acceptors (Lipinski definition) is 10. The van der Waals surface area contributed by atoms with Gasteiger partial charge in [-0.3, -0.25) is 9.59 Å². The van der Waals surface area contributed by atoms with E-state index >= 15 is 0 Å². The highest BCUT2D eigenvalue weighted by molar-refractivity contribution is 7.10. The first-order valence-electron chi connectivity index (χ1n) is 8.67. The van der Waals surface area contributed by atoms with Crippen LogP contribution in [-0.4, -0.2) is 43.4 Å². The Morgan fingerprint density at radius 1 is 1.33 bits per heavy atom. The molecule has 158 valence electrons. The van der Waals surface area contributed by atoms with Gasteiger partial charge in [0.25, 0.3) is 0 Å². The molecule has 2 atom stereocenters. The van der Waals surface area contributed by atoms with E-state index in [1.54, 1.807) is 0 Å². The summed E-state index contributed by atoms with van der Waals surface area (Å²) in [6.45, 7) is 0.0493. The summed E-state index contributed by atoms with van der Waals surface area (Å²) >= 11 is 2.10. The minimum absolute atomic E-state index is 0.0493. The standard InChI is InChI=1S/C16H17N7O5S2/c17-16(1-2-16)9(24)3-10(25)19-4-11-20-7(5-29-11)13(26)12(22-23-18)14-21-8(6-30-14)15(27)28/h5-6,12-13,26H,1-4,17H2,(H,19,25)(H,27,28). The van der Waals surface area contributed by atoms with E-state index in [2.05, 4.69) is 25.3 Å². The number of carbonyl (C=O) groups is 3. The van der Waals surface area contributed by atoms with Crippen molar-refractivity contribution in [3.05, 3.63) is 42.6 Å². The fraction of sp³-hybridized carbons (Fsp3) is 0.438. The number of nitrogens with zero attached hydrogens (tertiary/aromatic N) is 5. The number of aromatic nitrogens is 2. The maximum atomic E-state index is 11.9. The molecule has 2 aromatic rings. The number of carboxylic acids is 1. The second-order valence-corrected chi connectivity index (χ2v) is 8.50. The highest BCUT2D eigenvalue weighted by Gasteiger charge is 2.45. The second kappa shape index (κ2) is 8.85. The molecular formula is C16H17N7O5S2. The normalized spacial score (nSPS) is 16.2. The maximum absolute atomic E-state index is 11.9. The molecule has 30 heavy (non-hydrogen) atoms. The van der Waals surface area contributed by atoms with Gasteiger partial charge in [0.2, 0.25) is 5.91 Å². The monoisotopic (exact) mass is 451 g/mol. The minimum Gasteiger partial charge on any atom is -0.476 e. The molecule has 0 aromatic carbocycles. The molecule has 1 aliphatic rings. The molecule has 5 N–H and O–H groups in total. The van der Waals surface area contributed by atoms with Crippen LogP contribution in [0, 0.1) is 0 Å². The zero-order chi connectivity index (χ0) is 21.9. The Morgan fingerprint density at radius 2 is 2.07 bits per heavy atom. The number of Topliss-reactive ketones (excluding diaryl/α,β-unsaturated/α-hetero) is 1. The number of aliphatic hydroxyl groups excluding tert-OH is 1. The van der Waals surface area contributed by atoms with Gasteiger partial charge in [0.1, 0.15) is 22.2 Å². The van der Waals surface area contributed by atoms with Crippen LogP contribution in [0.2, 0.25) is 0 Å². The third-order valence-electron chi connectivity index (χ3n) is 4.44. The lowest BCUT2D eigenvalue weighted by atomic mass is 10.1. The van der Waals surface area contributed by atoms with Crippen LogP contribution in [-0.2, 0) is 16.1 Å². The molecule has 1 aliphatic carbocycles. The topological polar surface area (TPSA) is 204 Å². The summed E-state index contributed by atoms with van der Waals surface area (Å²) in [5, 5.41) is 29.1. The van der Waals surface area contributed by atoms with Gasteiger partial charge >= 0.3 is 5.97 Å². The molecule has 0 aliphatic heterocycles. The van der Waals surface area contributed by atoms with Crippen LogP contribution in [0.15, 0.2) is 15.9 Å². The average molecular weight is 451 g/mol. The minimum atomic E-state index is -1.36. The van der Waals surface area contributed by atoms with E-state index < -0.39 is 29.6 Å². The predicted molar refractivity (Wildman–Crippen MR) is 106 cm³/mol. The van der Waals surface area contributed by atoms with Gasteiger partial charge < -0.3 is 21.3 Å². The molecule has 1 fully saturated rings. The summed E-state index contributed by atoms with van der Waals surface area (Å²) in [4.78, 5) is 45.5. The molecule has 1 saturated carbocycles. The Labute approximate surface area is 177 Å². The van der Waals surface area contributed by atoms with E-state index in [0.29, 0.717) is 17.8 Å². The fourth-order valence-electron chi connectivity index (χ4n) is 2.50. The van der Waals surface area contributed by atoms with Gasteiger partial charge in [-0.1, -0.05) is 5.11 Å². The van der Waals surface area contributed by atoms with Crippen molar-refractivity contribution in [2.75, 3.05) is 0 Å². The van der Waals surface area contributed by atoms with E-state index in [1.165, 1.54) is 10.8 Å². The number of aliphatic hydroxyl groups is 1. The Kier molecular flexibility index (Phi) is 6.43. The Hall–Kier alpha value is -2.90. The van der Waals surface area contributed by atoms with Gasteiger partial charge in [0.15, 0.2) is 11.5 Å². The molecule has 2 unspecified atom stereocenters. The van der Waals surface area contributed by atoms with Crippen LogP contribution in [0.1, 0.15) is 57.6 Å². The van der Waals surface area contributed by atoms with Gasteiger partial charge in [0.05, 0.1) is 24.2 Å². The van der Waals surface area contributed by atoms with Crippen molar-refractivity contribution in [2.24, 2.45) is 10.8 Å². The first kappa shape index (κ1) is 21.8. The number of nitrogens with one attached hydrogen (secondary N) is 1. The van der Waals surface area contributed by atoms with Crippen LogP contribution >= 0.6 is 22.7 Å². The van der Waals surface area contributed by atoms with Crippen molar-refractivity contribution in [3.63, 3.8) is 0 Å². The van der Waals surface area contributed by atoms with Gasteiger partial charge in [-0.25, -0.2) is 14.8 Å². The van der Waals surface area contributed by atoms with E-state index in [4.69, 9.17) is 16.4 Å². The number of thiazole rings is 2. The quantitative estimate of drug-likeness (QED) is 0.179. The second-order valence-electron chi connectivity index (χ2n) is 6.67. The zero-order valence-electron chi connectivity index (χ0n) is 15.4. The molecule has 2 heterocycles. The molecule has 1 amide bonds. The maximum Gasteiger partial charge on any atom is 0.355 e. The van der Waals surface area contributed by atoms with Crippen molar-refractivity contribution in [1.82, 2.24) is 15.3 Å². The third kappa shape index (κ3) is 4.98. The first-order chi connectivity index (χ1) is 14.2. The highest BCUT2D eigenvalue weighted by Crippen LogP contribution is 2.35. The summed E-state index contributed by atoms with van der Waals surface area (Å²) in [5.74, 6) is -2.00. The summed E-state index contributed by atoms with van der Waals surface area (Å²) in [6.07, 6.45) is -0.479. The van der Waals surface area contributed by atoms with Crippen LogP contribution in [0.3, 0.4) is 0 Å². The van der Waals surface area contributed by atoms with Crippen LogP contribution < -0.4 is 11.1 Å². The predicted octanol–water partition coefficient (Wildman–Crippen LogP) is 1.45. The van der Waals surface area contributed by atoms with Gasteiger partial charge in [0, 0.05) is 15.7 Å². The summed E-state index contributed by atoms with van der Waals surface area (Å²) < 4.78 is 0. The van der Waals surface area contributed by atoms with E-state index in [1.807, 2.05) is 0 Å². The van der Waals surface area contributed by atoms with Crippen LogP contribution in [0.5, 0.6) is 0 Å². The third-order valence-corrected chi connectivity index (χ3v) is 6.23. The molecule has 12 nitrogen and oxygen atoms in total. The van der Waals surface area contributed by atoms with Crippen LogP contribution in [0.25, 0.3) is 10.4 Å². The van der Waals surface area contributed by atoms with E-state index in [9.17, 15) is 19.5 Å². The number of carbonyl (C=O) groups excluding carboxylic acids is 2. The number of nitrogens with two attached hydrogens (primary N) is 1. The van der Waals surface area contributed by atoms with Gasteiger partial charge in [-0.05, 0) is 18.4 Å². The van der Waals surface area contributed by atoms with Crippen molar-refractivity contribution >= 4 is 40.3 Å². The molecule has 0 spiro atoms. The number of amides is 1. The van der Waals surface area contributed by atoms with Crippen molar-refractivity contribution < 1.29 is 24.6 Å². The van der Waals surface area contributed by atoms with Crippen molar-refractivity contribution in [1.29, 1.82) is 0 Å². The lowest BCUT2D eigenvalue weighted by Gasteiger charge is -2.14. The summed E-state index contributed by atoms with van der Waals surface area (Å²) in [7, 11) is 0. The van der Waals surface area contributed by atoms with E-state index in [-0.39, 0.29) is 35.1 Å². The smallest absolute Gasteiger partial charge is 0.355 e.